The van der Waals surface area contributed by atoms with Crippen molar-refractivity contribution in [3.8, 4) is 5.82 Å². The largest absolute Gasteiger partial charge is 0.322 e. The van der Waals surface area contributed by atoms with Gasteiger partial charge in [0.2, 0.25) is 10.0 Å². The first-order valence-electron chi connectivity index (χ1n) is 9.98. The first-order valence-corrected chi connectivity index (χ1v) is 11.8. The minimum absolute atomic E-state index is 0.00243. The van der Waals surface area contributed by atoms with E-state index in [0.717, 1.165) is 24.2 Å². The summed E-state index contributed by atoms with van der Waals surface area (Å²) in [5.74, 6) is 0.249. The molecule has 3 aromatic rings. The minimum Gasteiger partial charge on any atom is -0.322 e. The van der Waals surface area contributed by atoms with E-state index in [4.69, 9.17) is 11.6 Å². The number of sulfonamides is 1. The zero-order valence-corrected chi connectivity index (χ0v) is 19.2. The summed E-state index contributed by atoms with van der Waals surface area (Å²) in [7, 11) is -1.94. The summed E-state index contributed by atoms with van der Waals surface area (Å²) in [5.41, 5.74) is 2.67. The summed E-state index contributed by atoms with van der Waals surface area (Å²) in [5, 5.41) is 7.18. The number of benzene rings is 1. The fourth-order valence-corrected chi connectivity index (χ4v) is 5.92. The van der Waals surface area contributed by atoms with Gasteiger partial charge in [-0.3, -0.25) is 9.48 Å². The van der Waals surface area contributed by atoms with Crippen LogP contribution in [-0.2, 0) is 17.1 Å². The maximum atomic E-state index is 13.1. The molecule has 0 atom stereocenters. The zero-order chi connectivity index (χ0) is 22.3. The Balaban J connectivity index is 1.67. The van der Waals surface area contributed by atoms with Gasteiger partial charge in [0.05, 0.1) is 11.2 Å². The lowest BCUT2D eigenvalue weighted by Gasteiger charge is -2.17. The molecule has 1 aromatic carbocycles. The maximum Gasteiger partial charge on any atom is 0.261 e. The molecule has 10 heteroatoms. The van der Waals surface area contributed by atoms with Crippen molar-refractivity contribution in [2.75, 3.05) is 18.4 Å². The first-order chi connectivity index (χ1) is 14.7. The molecule has 0 aliphatic carbocycles. The van der Waals surface area contributed by atoms with Gasteiger partial charge in [-0.05, 0) is 57.0 Å². The van der Waals surface area contributed by atoms with Crippen LogP contribution in [0.5, 0.6) is 0 Å². The van der Waals surface area contributed by atoms with Gasteiger partial charge in [0.15, 0.2) is 0 Å². The van der Waals surface area contributed by atoms with Crippen molar-refractivity contribution in [2.45, 2.75) is 31.6 Å². The predicted molar refractivity (Wildman–Crippen MR) is 119 cm³/mol. The number of carbonyl (C=O) groups is 1. The van der Waals surface area contributed by atoms with Crippen molar-refractivity contribution >= 4 is 33.2 Å². The van der Waals surface area contributed by atoms with E-state index in [1.807, 2.05) is 30.5 Å². The molecule has 1 aliphatic heterocycles. The average molecular weight is 462 g/mol. The lowest BCUT2D eigenvalue weighted by Crippen LogP contribution is -2.28. The number of carbonyl (C=O) groups excluding carboxylic acids is 1. The van der Waals surface area contributed by atoms with Gasteiger partial charge in [-0.2, -0.15) is 9.40 Å². The van der Waals surface area contributed by atoms with Crippen LogP contribution in [0, 0.1) is 13.8 Å². The molecule has 0 spiro atoms. The lowest BCUT2D eigenvalue weighted by atomic mass is 10.2. The van der Waals surface area contributed by atoms with Crippen molar-refractivity contribution in [3.05, 3.63) is 58.5 Å². The van der Waals surface area contributed by atoms with E-state index in [9.17, 15) is 13.2 Å². The quantitative estimate of drug-likeness (QED) is 0.629. The molecule has 8 nitrogen and oxygen atoms in total. The van der Waals surface area contributed by atoms with E-state index >= 15 is 0 Å². The number of hydrogen-bond donors (Lipinski definition) is 1. The molecule has 0 unspecified atom stereocenters. The molecule has 3 heterocycles. The van der Waals surface area contributed by atoms with Gasteiger partial charge in [0, 0.05) is 37.2 Å². The van der Waals surface area contributed by atoms with E-state index in [1.54, 1.807) is 17.8 Å². The van der Waals surface area contributed by atoms with Crippen molar-refractivity contribution in [1.82, 2.24) is 18.7 Å². The van der Waals surface area contributed by atoms with Crippen molar-refractivity contribution < 1.29 is 13.2 Å². The second-order valence-electron chi connectivity index (χ2n) is 7.67. The highest BCUT2D eigenvalue weighted by Crippen LogP contribution is 2.30. The van der Waals surface area contributed by atoms with Crippen LogP contribution < -0.4 is 5.32 Å². The Morgan fingerprint density at radius 2 is 1.74 bits per heavy atom. The second kappa shape index (κ2) is 8.14. The number of halogens is 1. The number of nitrogens with zero attached hydrogens (tertiary/aromatic N) is 4. The third kappa shape index (κ3) is 3.88. The number of aryl methyl sites for hydroxylation is 3. The Morgan fingerprint density at radius 3 is 2.39 bits per heavy atom. The standard InChI is InChI=1S/C21H24ClN5O3S/c1-14-6-7-15(2)27(14)21-17(13-23-25(21)3)20(28)24-16-8-9-18(22)19(12-16)31(29,30)26-10-4-5-11-26/h6-9,12-13H,4-5,10-11H2,1-3H3,(H,24,28). The van der Waals surface area contributed by atoms with Crippen LogP contribution in [0.1, 0.15) is 34.6 Å². The second-order valence-corrected chi connectivity index (χ2v) is 9.98. The Kier molecular flexibility index (Phi) is 5.67. The fourth-order valence-electron chi connectivity index (χ4n) is 3.90. The van der Waals surface area contributed by atoms with Crippen molar-refractivity contribution in [2.24, 2.45) is 7.05 Å². The Hall–Kier alpha value is -2.62. The molecule has 2 aromatic heterocycles. The average Bonchev–Trinajstić information content (AvgIpc) is 3.45. The summed E-state index contributed by atoms with van der Waals surface area (Å²) >= 11 is 6.21. The Morgan fingerprint density at radius 1 is 1.10 bits per heavy atom. The lowest BCUT2D eigenvalue weighted by molar-refractivity contribution is 0.102. The smallest absolute Gasteiger partial charge is 0.261 e. The summed E-state index contributed by atoms with van der Waals surface area (Å²) < 4.78 is 30.9. The van der Waals surface area contributed by atoms with Gasteiger partial charge in [0.1, 0.15) is 16.3 Å². The van der Waals surface area contributed by atoms with Crippen LogP contribution in [0.15, 0.2) is 41.4 Å². The van der Waals surface area contributed by atoms with Crippen molar-refractivity contribution in [3.63, 3.8) is 0 Å². The molecule has 0 saturated carbocycles. The predicted octanol–water partition coefficient (Wildman–Crippen LogP) is 3.52. The maximum absolute atomic E-state index is 13.1. The molecule has 31 heavy (non-hydrogen) atoms. The van der Waals surface area contributed by atoms with E-state index in [0.29, 0.717) is 30.2 Å². The highest BCUT2D eigenvalue weighted by molar-refractivity contribution is 7.89. The third-order valence-corrected chi connectivity index (χ3v) is 7.89. The van der Waals surface area contributed by atoms with Gasteiger partial charge >= 0.3 is 0 Å². The molecule has 1 saturated heterocycles. The molecule has 0 bridgehead atoms. The normalized spacial score (nSPS) is 14.8. The van der Waals surface area contributed by atoms with Gasteiger partial charge in [-0.1, -0.05) is 11.6 Å². The summed E-state index contributed by atoms with van der Waals surface area (Å²) in [4.78, 5) is 13.1. The number of nitrogens with one attached hydrogen (secondary N) is 1. The number of hydrogen-bond acceptors (Lipinski definition) is 4. The molecule has 1 amide bonds. The summed E-state index contributed by atoms with van der Waals surface area (Å²) in [6.45, 7) is 4.86. The SMILES string of the molecule is Cc1ccc(C)n1-c1c(C(=O)Nc2ccc(Cl)c(S(=O)(=O)N3CCCC3)c2)cnn1C. The van der Waals surface area contributed by atoms with E-state index in [2.05, 4.69) is 10.4 Å². The number of rotatable bonds is 5. The van der Waals surface area contributed by atoms with Gasteiger partial charge < -0.3 is 9.88 Å². The molecular formula is C21H24ClN5O3S. The van der Waals surface area contributed by atoms with E-state index in [-0.39, 0.29) is 15.8 Å². The first kappa shape index (κ1) is 21.6. The molecular weight excluding hydrogens is 438 g/mol. The highest BCUT2D eigenvalue weighted by Gasteiger charge is 2.29. The number of amides is 1. The molecule has 1 fully saturated rings. The summed E-state index contributed by atoms with van der Waals surface area (Å²) in [6.07, 6.45) is 3.16. The van der Waals surface area contributed by atoms with Gasteiger partial charge in [0.25, 0.3) is 5.91 Å². The van der Waals surface area contributed by atoms with Crippen LogP contribution >= 0.6 is 11.6 Å². The van der Waals surface area contributed by atoms with Gasteiger partial charge in [-0.25, -0.2) is 8.42 Å². The topological polar surface area (TPSA) is 89.2 Å². The fraction of sp³-hybridized carbons (Fsp3) is 0.333. The van der Waals surface area contributed by atoms with E-state index in [1.165, 1.54) is 22.6 Å². The number of aromatic nitrogens is 3. The number of anilines is 1. The monoisotopic (exact) mass is 461 g/mol. The molecule has 1 N–H and O–H groups in total. The van der Waals surface area contributed by atoms with Gasteiger partial charge in [-0.15, -0.1) is 0 Å². The third-order valence-electron chi connectivity index (χ3n) is 5.51. The molecule has 4 rings (SSSR count). The molecule has 164 valence electrons. The van der Waals surface area contributed by atoms with Crippen LogP contribution in [0.3, 0.4) is 0 Å². The Bertz CT molecular complexity index is 1240. The van der Waals surface area contributed by atoms with E-state index < -0.39 is 10.0 Å². The van der Waals surface area contributed by atoms with Crippen LogP contribution in [0.25, 0.3) is 5.82 Å². The molecule has 0 radical (unpaired) electrons. The summed E-state index contributed by atoms with van der Waals surface area (Å²) in [6, 6.07) is 8.43. The van der Waals surface area contributed by atoms with Crippen LogP contribution in [0.2, 0.25) is 5.02 Å². The van der Waals surface area contributed by atoms with Crippen LogP contribution in [0.4, 0.5) is 5.69 Å². The zero-order valence-electron chi connectivity index (χ0n) is 17.6. The van der Waals surface area contributed by atoms with Crippen LogP contribution in [-0.4, -0.2) is 46.1 Å². The highest BCUT2D eigenvalue weighted by atomic mass is 35.5. The Labute approximate surface area is 186 Å². The molecule has 1 aliphatic rings. The van der Waals surface area contributed by atoms with Crippen molar-refractivity contribution in [1.29, 1.82) is 0 Å². The minimum atomic E-state index is -3.71.